The number of hydrogen-bond donors (Lipinski definition) is 1. The third kappa shape index (κ3) is 1.07. The van der Waals surface area contributed by atoms with E-state index in [1.165, 1.54) is 4.80 Å². The molecule has 0 amide bonds. The number of hydrogen-bond acceptors (Lipinski definition) is 4. The van der Waals surface area contributed by atoms with E-state index in [2.05, 4.69) is 22.3 Å². The molecule has 0 bridgehead atoms. The van der Waals surface area contributed by atoms with Crippen LogP contribution in [0.3, 0.4) is 0 Å². The third-order valence-electron chi connectivity index (χ3n) is 3.14. The zero-order valence-electron chi connectivity index (χ0n) is 8.10. The van der Waals surface area contributed by atoms with Crippen molar-refractivity contribution in [1.29, 1.82) is 0 Å². The van der Waals surface area contributed by atoms with Crippen LogP contribution in [0.1, 0.15) is 26.1 Å². The molecule has 13 heavy (non-hydrogen) atoms. The number of rotatable bonds is 1. The van der Waals surface area contributed by atoms with Gasteiger partial charge in [0, 0.05) is 0 Å². The lowest BCUT2D eigenvalue weighted by Crippen LogP contribution is -2.49. The van der Waals surface area contributed by atoms with E-state index in [-0.39, 0.29) is 5.92 Å². The molecular weight excluding hydrogens is 168 g/mol. The Morgan fingerprint density at radius 3 is 2.62 bits per heavy atom. The fraction of sp³-hybridized carbons (Fsp3) is 0.875. The molecule has 1 aromatic heterocycles. The summed E-state index contributed by atoms with van der Waals surface area (Å²) in [5, 5.41) is 21.8. The van der Waals surface area contributed by atoms with E-state index in [1.807, 2.05) is 6.92 Å². The van der Waals surface area contributed by atoms with Crippen molar-refractivity contribution in [2.24, 2.45) is 18.9 Å². The number of aryl methyl sites for hydroxylation is 1. The largest absolute Gasteiger partial charge is 0.381 e. The summed E-state index contributed by atoms with van der Waals surface area (Å²) >= 11 is 0. The summed E-state index contributed by atoms with van der Waals surface area (Å²) in [6.07, 6.45) is 0.736. The molecule has 72 valence electrons. The molecule has 0 saturated heterocycles. The van der Waals surface area contributed by atoms with Crippen LogP contribution in [0.25, 0.3) is 0 Å². The molecule has 2 rings (SSSR count). The third-order valence-corrected chi connectivity index (χ3v) is 3.14. The van der Waals surface area contributed by atoms with Gasteiger partial charge in [-0.25, -0.2) is 0 Å². The summed E-state index contributed by atoms with van der Waals surface area (Å²) in [5.74, 6) is 1.21. The highest BCUT2D eigenvalue weighted by molar-refractivity contribution is 5.09. The molecule has 0 aromatic carbocycles. The monoisotopic (exact) mass is 182 g/mol. The zero-order valence-corrected chi connectivity index (χ0v) is 8.10. The molecule has 0 radical (unpaired) electrons. The zero-order chi connectivity index (χ0) is 9.64. The predicted octanol–water partition coefficient (Wildman–Crippen LogP) is 0.0736. The lowest BCUT2D eigenvalue weighted by molar-refractivity contribution is -0.138. The summed E-state index contributed by atoms with van der Waals surface area (Å²) in [6, 6.07) is 0. The van der Waals surface area contributed by atoms with E-state index in [1.54, 1.807) is 7.05 Å². The minimum absolute atomic E-state index is 0.219. The van der Waals surface area contributed by atoms with E-state index in [9.17, 15) is 5.11 Å². The van der Waals surface area contributed by atoms with Crippen LogP contribution in [0, 0.1) is 11.8 Å². The van der Waals surface area contributed by atoms with Crippen molar-refractivity contribution in [3.63, 3.8) is 0 Å². The summed E-state index contributed by atoms with van der Waals surface area (Å²) in [5.41, 5.74) is -0.840. The van der Waals surface area contributed by atoms with Gasteiger partial charge >= 0.3 is 0 Å². The quantitative estimate of drug-likeness (QED) is 0.667. The molecule has 0 spiro atoms. The molecule has 1 aromatic rings. The van der Waals surface area contributed by atoms with Crippen LogP contribution < -0.4 is 0 Å². The van der Waals surface area contributed by atoms with E-state index < -0.39 is 5.60 Å². The Bertz CT molecular complexity index is 324. The van der Waals surface area contributed by atoms with Crippen LogP contribution in [0.15, 0.2) is 0 Å². The Hall–Kier alpha value is -0.970. The molecule has 0 aliphatic heterocycles. The van der Waals surface area contributed by atoms with Crippen molar-refractivity contribution in [2.75, 3.05) is 0 Å². The molecule has 1 heterocycles. The Morgan fingerprint density at radius 2 is 2.23 bits per heavy atom. The van der Waals surface area contributed by atoms with Crippen LogP contribution in [-0.2, 0) is 12.6 Å². The molecule has 1 fully saturated rings. The van der Waals surface area contributed by atoms with Gasteiger partial charge in [0.05, 0.1) is 7.05 Å². The maximum absolute atomic E-state index is 10.2. The molecular formula is C8H14N4O. The summed E-state index contributed by atoms with van der Waals surface area (Å²) in [6.45, 7) is 4.14. The smallest absolute Gasteiger partial charge is 0.206 e. The summed E-state index contributed by atoms with van der Waals surface area (Å²) in [7, 11) is 1.70. The van der Waals surface area contributed by atoms with Crippen molar-refractivity contribution in [3.8, 4) is 0 Å². The van der Waals surface area contributed by atoms with Gasteiger partial charge in [-0.3, -0.25) is 0 Å². The molecule has 1 saturated carbocycles. The van der Waals surface area contributed by atoms with Gasteiger partial charge in [-0.1, -0.05) is 13.8 Å². The van der Waals surface area contributed by atoms with Gasteiger partial charge in [0.1, 0.15) is 5.60 Å². The average molecular weight is 182 g/mol. The Kier molecular flexibility index (Phi) is 1.66. The van der Waals surface area contributed by atoms with Gasteiger partial charge in [0.25, 0.3) is 0 Å². The second-order valence-corrected chi connectivity index (χ2v) is 4.00. The molecule has 3 unspecified atom stereocenters. The summed E-state index contributed by atoms with van der Waals surface area (Å²) in [4.78, 5) is 1.38. The topological polar surface area (TPSA) is 63.8 Å². The molecule has 3 atom stereocenters. The van der Waals surface area contributed by atoms with Crippen LogP contribution in [-0.4, -0.2) is 25.3 Å². The van der Waals surface area contributed by atoms with E-state index in [0.717, 1.165) is 6.42 Å². The first-order valence-corrected chi connectivity index (χ1v) is 4.51. The highest BCUT2D eigenvalue weighted by Crippen LogP contribution is 2.48. The van der Waals surface area contributed by atoms with Gasteiger partial charge in [-0.2, -0.15) is 4.80 Å². The average Bonchev–Trinajstić information content (AvgIpc) is 2.51. The van der Waals surface area contributed by atoms with Crippen LogP contribution in [0.4, 0.5) is 0 Å². The van der Waals surface area contributed by atoms with Gasteiger partial charge in [-0.05, 0) is 23.5 Å². The Labute approximate surface area is 76.8 Å². The van der Waals surface area contributed by atoms with E-state index >= 15 is 0 Å². The maximum Gasteiger partial charge on any atom is 0.206 e. The lowest BCUT2D eigenvalue weighted by atomic mass is 9.62. The number of aliphatic hydroxyl groups is 1. The van der Waals surface area contributed by atoms with Crippen LogP contribution in [0.5, 0.6) is 0 Å². The van der Waals surface area contributed by atoms with Gasteiger partial charge < -0.3 is 5.11 Å². The number of nitrogens with zero attached hydrogens (tertiary/aromatic N) is 4. The fourth-order valence-electron chi connectivity index (χ4n) is 1.92. The Balaban J connectivity index is 2.27. The van der Waals surface area contributed by atoms with E-state index in [4.69, 9.17) is 0 Å². The fourth-order valence-corrected chi connectivity index (χ4v) is 1.92. The van der Waals surface area contributed by atoms with Crippen LogP contribution >= 0.6 is 0 Å². The highest BCUT2D eigenvalue weighted by atomic mass is 16.3. The molecule has 5 nitrogen and oxygen atoms in total. The highest BCUT2D eigenvalue weighted by Gasteiger charge is 2.52. The van der Waals surface area contributed by atoms with Crippen molar-refractivity contribution >= 4 is 0 Å². The second kappa shape index (κ2) is 2.51. The Morgan fingerprint density at radius 1 is 1.54 bits per heavy atom. The molecule has 1 N–H and O–H groups in total. The number of aromatic nitrogens is 4. The SMILES string of the molecule is CC1CC(O)(c2nnn(C)n2)C1C. The van der Waals surface area contributed by atoms with Crippen molar-refractivity contribution in [1.82, 2.24) is 20.2 Å². The predicted molar refractivity (Wildman–Crippen MR) is 45.6 cm³/mol. The van der Waals surface area contributed by atoms with Gasteiger partial charge in [0.2, 0.25) is 5.82 Å². The molecule has 1 aliphatic carbocycles. The van der Waals surface area contributed by atoms with Crippen molar-refractivity contribution < 1.29 is 5.11 Å². The lowest BCUT2D eigenvalue weighted by Gasteiger charge is -2.46. The number of tetrazole rings is 1. The first kappa shape index (κ1) is 8.62. The molecule has 1 aliphatic rings. The van der Waals surface area contributed by atoms with E-state index in [0.29, 0.717) is 11.7 Å². The van der Waals surface area contributed by atoms with Gasteiger partial charge in [0.15, 0.2) is 0 Å². The van der Waals surface area contributed by atoms with Gasteiger partial charge in [-0.15, -0.1) is 10.2 Å². The minimum Gasteiger partial charge on any atom is -0.381 e. The van der Waals surface area contributed by atoms with Crippen molar-refractivity contribution in [2.45, 2.75) is 25.9 Å². The summed E-state index contributed by atoms with van der Waals surface area (Å²) < 4.78 is 0. The maximum atomic E-state index is 10.2. The minimum atomic E-state index is -0.840. The normalized spacial score (nSPS) is 38.8. The first-order valence-electron chi connectivity index (χ1n) is 4.51. The first-order chi connectivity index (χ1) is 6.04. The molecule has 5 heteroatoms. The van der Waals surface area contributed by atoms with Crippen molar-refractivity contribution in [3.05, 3.63) is 5.82 Å². The van der Waals surface area contributed by atoms with Crippen LogP contribution in [0.2, 0.25) is 0 Å². The standard InChI is InChI=1S/C8H14N4O/c1-5-4-8(13,6(5)2)7-9-11-12(3)10-7/h5-6,13H,4H2,1-3H3. The second-order valence-electron chi connectivity index (χ2n) is 4.00.